The van der Waals surface area contributed by atoms with E-state index in [-0.39, 0.29) is 0 Å². The number of aryl methyl sites for hydroxylation is 2. The van der Waals surface area contributed by atoms with Crippen molar-refractivity contribution in [3.05, 3.63) is 52.2 Å². The van der Waals surface area contributed by atoms with Gasteiger partial charge in [0.15, 0.2) is 5.96 Å². The average Bonchev–Trinajstić information content (AvgIpc) is 3.03. The number of benzene rings is 1. The largest absolute Gasteiger partial charge is 0.444 e. The van der Waals surface area contributed by atoms with Crippen molar-refractivity contribution in [1.82, 2.24) is 20.1 Å². The van der Waals surface area contributed by atoms with Crippen molar-refractivity contribution in [3.63, 3.8) is 0 Å². The molecule has 2 aromatic rings. The van der Waals surface area contributed by atoms with Crippen molar-refractivity contribution in [1.29, 1.82) is 0 Å². The summed E-state index contributed by atoms with van der Waals surface area (Å²) in [6.45, 7) is 11.5. The maximum absolute atomic E-state index is 6.13. The van der Waals surface area contributed by atoms with E-state index in [1.807, 2.05) is 32.0 Å². The summed E-state index contributed by atoms with van der Waals surface area (Å²) < 4.78 is 5.74. The smallest absolute Gasteiger partial charge is 0.208 e. The van der Waals surface area contributed by atoms with Gasteiger partial charge in [-0.3, -0.25) is 9.89 Å². The first-order chi connectivity index (χ1) is 14.4. The van der Waals surface area contributed by atoms with Gasteiger partial charge in [-0.15, -0.1) is 0 Å². The van der Waals surface area contributed by atoms with Gasteiger partial charge in [-0.1, -0.05) is 23.7 Å². The number of likely N-dealkylation sites (tertiary alicyclic amines) is 1. The van der Waals surface area contributed by atoms with E-state index in [2.05, 4.69) is 40.1 Å². The van der Waals surface area contributed by atoms with Crippen LogP contribution >= 0.6 is 11.6 Å². The highest BCUT2D eigenvalue weighted by Crippen LogP contribution is 2.20. The van der Waals surface area contributed by atoms with Crippen LogP contribution in [0.3, 0.4) is 0 Å². The molecule has 0 spiro atoms. The van der Waals surface area contributed by atoms with Gasteiger partial charge in [0.05, 0.1) is 12.2 Å². The zero-order chi connectivity index (χ0) is 21.5. The van der Waals surface area contributed by atoms with Gasteiger partial charge in [0.25, 0.3) is 0 Å². The Kier molecular flexibility index (Phi) is 8.16. The summed E-state index contributed by atoms with van der Waals surface area (Å²) in [4.78, 5) is 14.0. The number of aliphatic imine (C=N–C) groups is 1. The van der Waals surface area contributed by atoms with Crippen LogP contribution in [0.25, 0.3) is 0 Å². The van der Waals surface area contributed by atoms with E-state index in [9.17, 15) is 0 Å². The third kappa shape index (κ3) is 6.47. The number of rotatable bonds is 7. The van der Waals surface area contributed by atoms with Crippen LogP contribution in [0.1, 0.15) is 42.7 Å². The second kappa shape index (κ2) is 10.8. The Labute approximate surface area is 185 Å². The lowest BCUT2D eigenvalue weighted by Gasteiger charge is -2.30. The van der Waals surface area contributed by atoms with Crippen molar-refractivity contribution >= 4 is 17.6 Å². The number of hydrogen-bond acceptors (Lipinski definition) is 4. The molecule has 0 amide bonds. The van der Waals surface area contributed by atoms with Gasteiger partial charge in [0.1, 0.15) is 5.76 Å². The number of aromatic nitrogens is 1. The van der Waals surface area contributed by atoms with Crippen LogP contribution < -0.4 is 5.32 Å². The summed E-state index contributed by atoms with van der Waals surface area (Å²) in [6, 6.07) is 8.00. The Morgan fingerprint density at radius 1 is 1.33 bits per heavy atom. The number of hydrogen-bond donors (Lipinski definition) is 1. The van der Waals surface area contributed by atoms with Crippen LogP contribution in [-0.4, -0.2) is 54.0 Å². The van der Waals surface area contributed by atoms with Crippen molar-refractivity contribution < 1.29 is 4.42 Å². The van der Waals surface area contributed by atoms with Crippen molar-refractivity contribution in [2.45, 2.75) is 46.7 Å². The molecule has 1 aliphatic heterocycles. The van der Waals surface area contributed by atoms with Gasteiger partial charge in [-0.25, -0.2) is 4.98 Å². The molecule has 3 rings (SSSR count). The molecule has 1 aromatic carbocycles. The molecule has 1 aliphatic rings. The molecular weight excluding hydrogens is 398 g/mol. The molecule has 2 heterocycles. The fourth-order valence-electron chi connectivity index (χ4n) is 3.79. The van der Waals surface area contributed by atoms with Crippen LogP contribution in [0.15, 0.2) is 33.7 Å². The molecule has 30 heavy (non-hydrogen) atoms. The second-order valence-corrected chi connectivity index (χ2v) is 8.59. The van der Waals surface area contributed by atoms with Crippen LogP contribution in [0, 0.1) is 19.8 Å². The minimum absolute atomic E-state index is 0.613. The quantitative estimate of drug-likeness (QED) is 0.524. The predicted octanol–water partition coefficient (Wildman–Crippen LogP) is 4.25. The molecule has 0 saturated carbocycles. The van der Waals surface area contributed by atoms with Gasteiger partial charge in [-0.05, 0) is 70.3 Å². The molecule has 1 N–H and O–H groups in total. The maximum Gasteiger partial charge on any atom is 0.208 e. The van der Waals surface area contributed by atoms with Gasteiger partial charge in [0, 0.05) is 31.7 Å². The first-order valence-electron chi connectivity index (χ1n) is 10.8. The second-order valence-electron chi connectivity index (χ2n) is 8.15. The van der Waals surface area contributed by atoms with Crippen LogP contribution in [0.4, 0.5) is 0 Å². The summed E-state index contributed by atoms with van der Waals surface area (Å²) in [7, 11) is 2.07. The first-order valence-corrected chi connectivity index (χ1v) is 11.2. The third-order valence-electron chi connectivity index (χ3n) is 5.64. The predicted molar refractivity (Wildman–Crippen MR) is 123 cm³/mol. The maximum atomic E-state index is 6.13. The van der Waals surface area contributed by atoms with Gasteiger partial charge >= 0.3 is 0 Å². The molecule has 0 radical (unpaired) electrons. The molecule has 6 nitrogen and oxygen atoms in total. The zero-order valence-electron chi connectivity index (χ0n) is 18.6. The lowest BCUT2D eigenvalue weighted by atomic mass is 9.97. The normalized spacial score (nSPS) is 16.1. The highest BCUT2D eigenvalue weighted by atomic mass is 35.5. The molecule has 0 aliphatic carbocycles. The van der Waals surface area contributed by atoms with Gasteiger partial charge < -0.3 is 14.6 Å². The number of halogens is 1. The van der Waals surface area contributed by atoms with E-state index < -0.39 is 0 Å². The lowest BCUT2D eigenvalue weighted by molar-refractivity contribution is 0.166. The molecule has 0 unspecified atom stereocenters. The zero-order valence-corrected chi connectivity index (χ0v) is 19.4. The SMILES string of the molecule is CCNC(=NCC1CCN(Cc2nc(C)c(C)o2)CC1)N(C)Cc1cccc(Cl)c1. The Balaban J connectivity index is 1.50. The summed E-state index contributed by atoms with van der Waals surface area (Å²) in [5.41, 5.74) is 2.17. The van der Waals surface area contributed by atoms with Crippen LogP contribution in [0.5, 0.6) is 0 Å². The molecule has 1 aromatic heterocycles. The standard InChI is InChI=1S/C23H34ClN5O/c1-5-25-23(28(4)15-20-7-6-8-21(24)13-20)26-14-19-9-11-29(12-10-19)16-22-27-17(2)18(3)30-22/h6-8,13,19H,5,9-12,14-16H2,1-4H3,(H,25,26). The number of oxazole rings is 1. The molecule has 164 valence electrons. The van der Waals surface area contributed by atoms with Crippen LogP contribution in [-0.2, 0) is 13.1 Å². The Morgan fingerprint density at radius 2 is 2.10 bits per heavy atom. The lowest BCUT2D eigenvalue weighted by Crippen LogP contribution is -2.39. The van der Waals surface area contributed by atoms with Crippen molar-refractivity contribution in [3.8, 4) is 0 Å². The van der Waals surface area contributed by atoms with E-state index in [4.69, 9.17) is 21.0 Å². The summed E-state index contributed by atoms with van der Waals surface area (Å²) >= 11 is 6.13. The monoisotopic (exact) mass is 431 g/mol. The highest BCUT2D eigenvalue weighted by Gasteiger charge is 2.21. The molecule has 1 fully saturated rings. The average molecular weight is 432 g/mol. The van der Waals surface area contributed by atoms with Crippen molar-refractivity contribution in [2.75, 3.05) is 33.2 Å². The van der Waals surface area contributed by atoms with E-state index in [1.54, 1.807) is 0 Å². The summed E-state index contributed by atoms with van der Waals surface area (Å²) in [5.74, 6) is 3.32. The molecule has 1 saturated heterocycles. The fraction of sp³-hybridized carbons (Fsp3) is 0.565. The van der Waals surface area contributed by atoms with E-state index in [0.29, 0.717) is 5.92 Å². The molecular formula is C23H34ClN5O. The molecule has 7 heteroatoms. The van der Waals surface area contributed by atoms with Gasteiger partial charge in [-0.2, -0.15) is 0 Å². The Bertz CT molecular complexity index is 822. The highest BCUT2D eigenvalue weighted by molar-refractivity contribution is 6.30. The van der Waals surface area contributed by atoms with Gasteiger partial charge in [0.2, 0.25) is 5.89 Å². The summed E-state index contributed by atoms with van der Waals surface area (Å²) in [5, 5.41) is 4.19. The first kappa shape index (κ1) is 22.6. The van der Waals surface area contributed by atoms with E-state index >= 15 is 0 Å². The minimum Gasteiger partial charge on any atom is -0.444 e. The van der Waals surface area contributed by atoms with E-state index in [0.717, 1.165) is 80.4 Å². The number of piperidine rings is 1. The fourth-order valence-corrected chi connectivity index (χ4v) is 4.01. The van der Waals surface area contributed by atoms with Crippen LogP contribution in [0.2, 0.25) is 5.02 Å². The van der Waals surface area contributed by atoms with E-state index in [1.165, 1.54) is 5.56 Å². The topological polar surface area (TPSA) is 56.9 Å². The number of guanidine groups is 1. The Morgan fingerprint density at radius 3 is 2.73 bits per heavy atom. The molecule has 0 atom stereocenters. The van der Waals surface area contributed by atoms with Crippen molar-refractivity contribution in [2.24, 2.45) is 10.9 Å². The minimum atomic E-state index is 0.613. The Hall–Kier alpha value is -2.05. The summed E-state index contributed by atoms with van der Waals surface area (Å²) in [6.07, 6.45) is 2.30. The number of nitrogens with one attached hydrogen (secondary N) is 1. The number of nitrogens with zero attached hydrogens (tertiary/aromatic N) is 4. The molecule has 0 bridgehead atoms. The third-order valence-corrected chi connectivity index (χ3v) is 5.88.